The second-order valence-electron chi connectivity index (χ2n) is 8.12. The van der Waals surface area contributed by atoms with Gasteiger partial charge in [-0.1, -0.05) is 109 Å². The van der Waals surface area contributed by atoms with E-state index in [0.717, 1.165) is 0 Å². The molecule has 0 saturated carbocycles. The molecule has 0 aliphatic heterocycles. The molecule has 5 aromatic carbocycles. The van der Waals surface area contributed by atoms with Crippen LogP contribution < -0.4 is 0 Å². The molecule has 0 aliphatic rings. The molecule has 0 atom stereocenters. The van der Waals surface area contributed by atoms with Gasteiger partial charge in [0.05, 0.1) is 9.40 Å². The Morgan fingerprint density at radius 3 is 1.16 bits per heavy atom. The maximum absolute atomic E-state index is 2.33. The van der Waals surface area contributed by atoms with Crippen LogP contribution in [0.4, 0.5) is 0 Å². The SMILES string of the molecule is c1ccc(-c2cccc3c2sc2c3ccc3c4cccc(-c5ccccc5)c4sc32)cc1. The van der Waals surface area contributed by atoms with E-state index in [1.807, 2.05) is 22.7 Å². The fourth-order valence-corrected chi connectivity index (χ4v) is 7.61. The number of fused-ring (bicyclic) bond motifs is 7. The monoisotopic (exact) mass is 442 g/mol. The lowest BCUT2D eigenvalue weighted by Gasteiger charge is -2.03. The molecule has 0 radical (unpaired) electrons. The highest BCUT2D eigenvalue weighted by atomic mass is 32.1. The third-order valence-corrected chi connectivity index (χ3v) is 8.97. The Hall–Kier alpha value is -3.46. The fourth-order valence-electron chi connectivity index (χ4n) is 4.80. The molecule has 7 rings (SSSR count). The van der Waals surface area contributed by atoms with Crippen molar-refractivity contribution in [1.82, 2.24) is 0 Å². The lowest BCUT2D eigenvalue weighted by molar-refractivity contribution is 1.67. The molecule has 0 unspecified atom stereocenters. The Bertz CT molecular complexity index is 1620. The van der Waals surface area contributed by atoms with Gasteiger partial charge in [0.2, 0.25) is 0 Å². The van der Waals surface area contributed by atoms with E-state index in [9.17, 15) is 0 Å². The lowest BCUT2D eigenvalue weighted by Crippen LogP contribution is -1.77. The van der Waals surface area contributed by atoms with Crippen LogP contribution in [0.15, 0.2) is 109 Å². The molecule has 2 aromatic heterocycles. The summed E-state index contributed by atoms with van der Waals surface area (Å²) >= 11 is 3.88. The van der Waals surface area contributed by atoms with E-state index in [1.54, 1.807) is 0 Å². The van der Waals surface area contributed by atoms with E-state index in [-0.39, 0.29) is 0 Å². The van der Waals surface area contributed by atoms with Crippen molar-refractivity contribution in [2.24, 2.45) is 0 Å². The first kappa shape index (κ1) is 18.1. The minimum atomic E-state index is 1.28. The molecule has 2 heteroatoms. The van der Waals surface area contributed by atoms with Crippen molar-refractivity contribution < 1.29 is 0 Å². The quantitative estimate of drug-likeness (QED) is 0.250. The van der Waals surface area contributed by atoms with Crippen LogP contribution in [0.5, 0.6) is 0 Å². The van der Waals surface area contributed by atoms with Crippen LogP contribution in [0.2, 0.25) is 0 Å². The van der Waals surface area contributed by atoms with Crippen LogP contribution in [0.1, 0.15) is 0 Å². The molecule has 32 heavy (non-hydrogen) atoms. The van der Waals surface area contributed by atoms with Crippen molar-refractivity contribution in [3.63, 3.8) is 0 Å². The second kappa shape index (κ2) is 7.03. The van der Waals surface area contributed by atoms with Crippen LogP contribution in [0.25, 0.3) is 62.6 Å². The molecular weight excluding hydrogens is 424 g/mol. The molecule has 7 aromatic rings. The van der Waals surface area contributed by atoms with Gasteiger partial charge in [-0.05, 0) is 22.3 Å². The van der Waals surface area contributed by atoms with Crippen LogP contribution in [0, 0.1) is 0 Å². The third kappa shape index (κ3) is 2.60. The Labute approximate surface area is 194 Å². The Morgan fingerprint density at radius 1 is 0.312 bits per heavy atom. The molecule has 0 aliphatic carbocycles. The van der Waals surface area contributed by atoms with Gasteiger partial charge >= 0.3 is 0 Å². The summed E-state index contributed by atoms with van der Waals surface area (Å²) in [5.41, 5.74) is 5.21. The highest BCUT2D eigenvalue weighted by Gasteiger charge is 2.16. The van der Waals surface area contributed by atoms with Gasteiger partial charge in [-0.15, -0.1) is 22.7 Å². The highest BCUT2D eigenvalue weighted by molar-refractivity contribution is 7.34. The summed E-state index contributed by atoms with van der Waals surface area (Å²) in [4.78, 5) is 0. The summed E-state index contributed by atoms with van der Waals surface area (Å²) in [6.07, 6.45) is 0. The molecule has 0 spiro atoms. The van der Waals surface area contributed by atoms with E-state index in [0.29, 0.717) is 0 Å². The number of hydrogen-bond acceptors (Lipinski definition) is 2. The van der Waals surface area contributed by atoms with Gasteiger partial charge in [0.1, 0.15) is 0 Å². The predicted molar refractivity (Wildman–Crippen MR) is 143 cm³/mol. The largest absolute Gasteiger partial charge is 0.133 e. The lowest BCUT2D eigenvalue weighted by atomic mass is 10.0. The maximum Gasteiger partial charge on any atom is 0.0534 e. The summed E-state index contributed by atoms with van der Waals surface area (Å²) in [7, 11) is 0. The average Bonchev–Trinajstić information content (AvgIpc) is 3.43. The van der Waals surface area contributed by atoms with E-state index in [1.165, 1.54) is 62.6 Å². The number of thiophene rings is 2. The molecule has 0 saturated heterocycles. The van der Waals surface area contributed by atoms with Gasteiger partial charge in [-0.25, -0.2) is 0 Å². The van der Waals surface area contributed by atoms with E-state index in [2.05, 4.69) is 109 Å². The molecular formula is C30H18S2. The van der Waals surface area contributed by atoms with Gasteiger partial charge in [0.15, 0.2) is 0 Å². The molecule has 0 nitrogen and oxygen atoms in total. The van der Waals surface area contributed by atoms with E-state index in [4.69, 9.17) is 0 Å². The molecule has 0 amide bonds. The van der Waals surface area contributed by atoms with Crippen LogP contribution >= 0.6 is 22.7 Å². The fraction of sp³-hybridized carbons (Fsp3) is 0. The minimum Gasteiger partial charge on any atom is -0.133 e. The minimum absolute atomic E-state index is 1.28. The van der Waals surface area contributed by atoms with Crippen LogP contribution in [0.3, 0.4) is 0 Å². The molecule has 0 N–H and O–H groups in total. The van der Waals surface area contributed by atoms with Crippen LogP contribution in [-0.4, -0.2) is 0 Å². The van der Waals surface area contributed by atoms with Gasteiger partial charge in [-0.2, -0.15) is 0 Å². The molecule has 0 fully saturated rings. The molecule has 150 valence electrons. The zero-order chi connectivity index (χ0) is 21.1. The third-order valence-electron chi connectivity index (χ3n) is 6.30. The van der Waals surface area contributed by atoms with Gasteiger partial charge < -0.3 is 0 Å². The van der Waals surface area contributed by atoms with E-state index < -0.39 is 0 Å². The van der Waals surface area contributed by atoms with Crippen molar-refractivity contribution in [2.45, 2.75) is 0 Å². The zero-order valence-electron chi connectivity index (χ0n) is 17.2. The van der Waals surface area contributed by atoms with E-state index >= 15 is 0 Å². The Balaban J connectivity index is 1.57. The molecule has 2 heterocycles. The second-order valence-corrected chi connectivity index (χ2v) is 10.2. The summed E-state index contributed by atoms with van der Waals surface area (Å²) in [5, 5.41) is 5.44. The van der Waals surface area contributed by atoms with Crippen molar-refractivity contribution in [1.29, 1.82) is 0 Å². The number of benzene rings is 5. The normalized spacial score (nSPS) is 11.8. The smallest absolute Gasteiger partial charge is 0.0534 e. The summed E-state index contributed by atoms with van der Waals surface area (Å²) in [5.74, 6) is 0. The van der Waals surface area contributed by atoms with Crippen molar-refractivity contribution in [3.8, 4) is 22.3 Å². The average molecular weight is 443 g/mol. The first-order chi connectivity index (χ1) is 15.9. The standard InChI is InChI=1S/C30H18S2/c1-3-9-19(10-4-1)21-13-7-15-23-25-17-18-26-24-16-8-14-22(20-11-5-2-6-12-20)28(24)32-30(26)29(25)31-27(21)23/h1-18H. The summed E-state index contributed by atoms with van der Waals surface area (Å²) in [6, 6.07) is 39.6. The van der Waals surface area contributed by atoms with Gasteiger partial charge in [-0.3, -0.25) is 0 Å². The molecule has 0 bridgehead atoms. The number of hydrogen-bond donors (Lipinski definition) is 0. The summed E-state index contributed by atoms with van der Waals surface area (Å²) < 4.78 is 5.56. The first-order valence-electron chi connectivity index (χ1n) is 10.8. The predicted octanol–water partition coefficient (Wildman–Crippen LogP) is 9.76. The topological polar surface area (TPSA) is 0 Å². The van der Waals surface area contributed by atoms with Crippen molar-refractivity contribution in [2.75, 3.05) is 0 Å². The number of rotatable bonds is 2. The zero-order valence-corrected chi connectivity index (χ0v) is 18.8. The van der Waals surface area contributed by atoms with Gasteiger partial charge in [0, 0.05) is 30.9 Å². The van der Waals surface area contributed by atoms with Crippen molar-refractivity contribution in [3.05, 3.63) is 109 Å². The Morgan fingerprint density at radius 2 is 0.719 bits per heavy atom. The summed E-state index contributed by atoms with van der Waals surface area (Å²) in [6.45, 7) is 0. The van der Waals surface area contributed by atoms with Crippen molar-refractivity contribution >= 4 is 63.0 Å². The van der Waals surface area contributed by atoms with Gasteiger partial charge in [0.25, 0.3) is 0 Å². The maximum atomic E-state index is 2.33. The Kier molecular flexibility index (Phi) is 3.98. The first-order valence-corrected chi connectivity index (χ1v) is 12.4. The van der Waals surface area contributed by atoms with Crippen LogP contribution in [-0.2, 0) is 0 Å². The highest BCUT2D eigenvalue weighted by Crippen LogP contribution is 2.48.